The van der Waals surface area contributed by atoms with Crippen LogP contribution in [0.2, 0.25) is 0 Å². The third kappa shape index (κ3) is 5.51. The van der Waals surface area contributed by atoms with Crippen molar-refractivity contribution >= 4 is 24.8 Å². The number of phenolic OH excluding ortho intramolecular Hbond substituents is 1. The molecular formula is C16H28Cl2N2O2. The number of nitrogens with zero attached hydrogens (tertiary/aromatic N) is 1. The van der Waals surface area contributed by atoms with Crippen molar-refractivity contribution < 1.29 is 9.84 Å². The van der Waals surface area contributed by atoms with Crippen molar-refractivity contribution in [3.05, 3.63) is 23.8 Å². The van der Waals surface area contributed by atoms with Gasteiger partial charge in [-0.05, 0) is 18.4 Å². The van der Waals surface area contributed by atoms with Crippen molar-refractivity contribution in [2.24, 2.45) is 5.92 Å². The van der Waals surface area contributed by atoms with Crippen LogP contribution in [0.5, 0.6) is 11.5 Å². The highest BCUT2D eigenvalue weighted by Crippen LogP contribution is 2.36. The molecule has 0 amide bonds. The number of piperazine rings is 1. The number of benzene rings is 1. The number of hydrogen-bond donors (Lipinski definition) is 2. The summed E-state index contributed by atoms with van der Waals surface area (Å²) in [5.41, 5.74) is 1.18. The SMILES string of the molecule is COc1cc(O)ccc1[C@H](CC(C)C)N1CCNCC1.Cl.Cl. The van der Waals surface area contributed by atoms with Crippen LogP contribution in [0.25, 0.3) is 0 Å². The van der Waals surface area contributed by atoms with Gasteiger partial charge in [-0.2, -0.15) is 0 Å². The van der Waals surface area contributed by atoms with Gasteiger partial charge in [-0.1, -0.05) is 19.9 Å². The molecule has 0 aliphatic carbocycles. The number of aromatic hydroxyl groups is 1. The number of methoxy groups -OCH3 is 1. The van der Waals surface area contributed by atoms with E-state index in [-0.39, 0.29) is 30.6 Å². The van der Waals surface area contributed by atoms with Crippen LogP contribution >= 0.6 is 24.8 Å². The van der Waals surface area contributed by atoms with Gasteiger partial charge in [0.1, 0.15) is 11.5 Å². The van der Waals surface area contributed by atoms with E-state index in [9.17, 15) is 5.11 Å². The smallest absolute Gasteiger partial charge is 0.127 e. The lowest BCUT2D eigenvalue weighted by Gasteiger charge is -2.36. The molecule has 1 atom stereocenters. The fraction of sp³-hybridized carbons (Fsp3) is 0.625. The average molecular weight is 351 g/mol. The maximum Gasteiger partial charge on any atom is 0.127 e. The Kier molecular flexibility index (Phi) is 9.85. The van der Waals surface area contributed by atoms with Crippen LogP contribution in [0, 0.1) is 5.92 Å². The molecular weight excluding hydrogens is 323 g/mol. The number of rotatable bonds is 5. The molecule has 1 fully saturated rings. The molecule has 0 unspecified atom stereocenters. The maximum absolute atomic E-state index is 9.64. The number of phenols is 1. The van der Waals surface area contributed by atoms with Crippen LogP contribution < -0.4 is 10.1 Å². The summed E-state index contributed by atoms with van der Waals surface area (Å²) in [6.45, 7) is 8.69. The highest BCUT2D eigenvalue weighted by Gasteiger charge is 2.25. The first-order valence-electron chi connectivity index (χ1n) is 7.43. The molecule has 1 aliphatic rings. The van der Waals surface area contributed by atoms with Crippen LogP contribution in [0.4, 0.5) is 0 Å². The highest BCUT2D eigenvalue weighted by molar-refractivity contribution is 5.85. The molecule has 1 aliphatic heterocycles. The summed E-state index contributed by atoms with van der Waals surface area (Å²) in [6.07, 6.45) is 1.10. The topological polar surface area (TPSA) is 44.7 Å². The third-order valence-corrected chi connectivity index (χ3v) is 3.86. The lowest BCUT2D eigenvalue weighted by molar-refractivity contribution is 0.151. The first-order chi connectivity index (χ1) is 9.61. The van der Waals surface area contributed by atoms with Gasteiger partial charge in [0.15, 0.2) is 0 Å². The largest absolute Gasteiger partial charge is 0.508 e. The van der Waals surface area contributed by atoms with Crippen LogP contribution in [0.3, 0.4) is 0 Å². The zero-order chi connectivity index (χ0) is 14.5. The van der Waals surface area contributed by atoms with E-state index in [0.29, 0.717) is 12.0 Å². The summed E-state index contributed by atoms with van der Waals surface area (Å²) in [7, 11) is 1.67. The Morgan fingerprint density at radius 3 is 2.41 bits per heavy atom. The summed E-state index contributed by atoms with van der Waals surface area (Å²) in [5, 5.41) is 13.0. The fourth-order valence-electron chi connectivity index (χ4n) is 2.89. The van der Waals surface area contributed by atoms with Gasteiger partial charge in [0.25, 0.3) is 0 Å². The minimum absolute atomic E-state index is 0. The molecule has 1 aromatic rings. The van der Waals surface area contributed by atoms with Crippen molar-refractivity contribution in [1.29, 1.82) is 0 Å². The predicted octanol–water partition coefficient (Wildman–Crippen LogP) is 3.24. The second-order valence-corrected chi connectivity index (χ2v) is 5.86. The second-order valence-electron chi connectivity index (χ2n) is 5.86. The van der Waals surface area contributed by atoms with Crippen LogP contribution in [0.15, 0.2) is 18.2 Å². The van der Waals surface area contributed by atoms with E-state index < -0.39 is 0 Å². The van der Waals surface area contributed by atoms with Crippen molar-refractivity contribution in [1.82, 2.24) is 10.2 Å². The van der Waals surface area contributed by atoms with E-state index in [2.05, 4.69) is 24.1 Å². The highest BCUT2D eigenvalue weighted by atomic mass is 35.5. The van der Waals surface area contributed by atoms with E-state index in [1.807, 2.05) is 6.07 Å². The number of halogens is 2. The molecule has 0 saturated carbocycles. The average Bonchev–Trinajstić information content (AvgIpc) is 2.45. The standard InChI is InChI=1S/C16H26N2O2.2ClH/c1-12(2)10-15(18-8-6-17-7-9-18)14-5-4-13(19)11-16(14)20-3;;/h4-5,11-12,15,17,19H,6-10H2,1-3H3;2*1H/t15-;;/m0../s1. The zero-order valence-electron chi connectivity index (χ0n) is 13.5. The molecule has 0 spiro atoms. The molecule has 0 bridgehead atoms. The monoisotopic (exact) mass is 350 g/mol. The van der Waals surface area contributed by atoms with Gasteiger partial charge in [-0.15, -0.1) is 24.8 Å². The van der Waals surface area contributed by atoms with Gasteiger partial charge < -0.3 is 15.2 Å². The Hall–Kier alpha value is -0.680. The van der Waals surface area contributed by atoms with Crippen molar-refractivity contribution in [3.63, 3.8) is 0 Å². The van der Waals surface area contributed by atoms with Gasteiger partial charge in [-0.25, -0.2) is 0 Å². The molecule has 6 heteroatoms. The minimum atomic E-state index is 0. The quantitative estimate of drug-likeness (QED) is 0.855. The zero-order valence-corrected chi connectivity index (χ0v) is 15.2. The van der Waals surface area contributed by atoms with E-state index in [1.54, 1.807) is 19.2 Å². The Balaban J connectivity index is 0.00000220. The number of nitrogens with one attached hydrogen (secondary N) is 1. The lowest BCUT2D eigenvalue weighted by Crippen LogP contribution is -2.45. The molecule has 2 N–H and O–H groups in total. The van der Waals surface area contributed by atoms with E-state index in [0.717, 1.165) is 38.3 Å². The number of ether oxygens (including phenoxy) is 1. The first-order valence-corrected chi connectivity index (χ1v) is 7.43. The second kappa shape index (κ2) is 10.2. The molecule has 2 rings (SSSR count). The minimum Gasteiger partial charge on any atom is -0.508 e. The molecule has 1 aromatic carbocycles. The summed E-state index contributed by atoms with van der Waals surface area (Å²) in [4.78, 5) is 2.52. The van der Waals surface area contributed by atoms with Crippen molar-refractivity contribution in [2.45, 2.75) is 26.3 Å². The molecule has 128 valence electrons. The number of hydrogen-bond acceptors (Lipinski definition) is 4. The van der Waals surface area contributed by atoms with Gasteiger partial charge in [-0.3, -0.25) is 4.90 Å². The van der Waals surface area contributed by atoms with E-state index >= 15 is 0 Å². The van der Waals surface area contributed by atoms with Gasteiger partial charge in [0, 0.05) is 43.9 Å². The fourth-order valence-corrected chi connectivity index (χ4v) is 2.89. The molecule has 22 heavy (non-hydrogen) atoms. The van der Waals surface area contributed by atoms with Crippen molar-refractivity contribution in [2.75, 3.05) is 33.3 Å². The van der Waals surface area contributed by atoms with E-state index in [1.165, 1.54) is 5.56 Å². The van der Waals surface area contributed by atoms with Gasteiger partial charge in [0.2, 0.25) is 0 Å². The van der Waals surface area contributed by atoms with Crippen LogP contribution in [-0.2, 0) is 0 Å². The Morgan fingerprint density at radius 2 is 1.86 bits per heavy atom. The predicted molar refractivity (Wildman–Crippen MR) is 95.8 cm³/mol. The summed E-state index contributed by atoms with van der Waals surface area (Å²) in [5.74, 6) is 1.66. The molecule has 1 heterocycles. The van der Waals surface area contributed by atoms with Crippen molar-refractivity contribution in [3.8, 4) is 11.5 Å². The summed E-state index contributed by atoms with van der Waals surface area (Å²) < 4.78 is 5.48. The summed E-state index contributed by atoms with van der Waals surface area (Å²) in [6, 6.07) is 5.83. The summed E-state index contributed by atoms with van der Waals surface area (Å²) >= 11 is 0. The maximum atomic E-state index is 9.64. The molecule has 0 aromatic heterocycles. The van der Waals surface area contributed by atoms with Crippen LogP contribution in [0.1, 0.15) is 31.9 Å². The third-order valence-electron chi connectivity index (χ3n) is 3.86. The van der Waals surface area contributed by atoms with E-state index in [4.69, 9.17) is 4.74 Å². The first kappa shape index (κ1) is 21.3. The normalized spacial score (nSPS) is 16.5. The van der Waals surface area contributed by atoms with Gasteiger partial charge >= 0.3 is 0 Å². The van der Waals surface area contributed by atoms with Gasteiger partial charge in [0.05, 0.1) is 7.11 Å². The Labute approximate surface area is 146 Å². The Morgan fingerprint density at radius 1 is 1.23 bits per heavy atom. The molecule has 1 saturated heterocycles. The Bertz CT molecular complexity index is 438. The molecule has 0 radical (unpaired) electrons. The molecule has 4 nitrogen and oxygen atoms in total. The lowest BCUT2D eigenvalue weighted by atomic mass is 9.94. The van der Waals surface area contributed by atoms with Crippen LogP contribution in [-0.4, -0.2) is 43.3 Å².